The molecular weight excluding hydrogens is 162 g/mol. The van der Waals surface area contributed by atoms with Crippen LogP contribution in [0.5, 0.6) is 0 Å². The van der Waals surface area contributed by atoms with Crippen LogP contribution in [0, 0.1) is 0 Å². The molecule has 0 amide bonds. The molecule has 5 nitrogen and oxygen atoms in total. The summed E-state index contributed by atoms with van der Waals surface area (Å²) in [6.07, 6.45) is 0. The van der Waals surface area contributed by atoms with Crippen molar-refractivity contribution in [1.29, 1.82) is 0 Å². The Balaban J connectivity index is 2.68. The van der Waals surface area contributed by atoms with E-state index in [1.165, 1.54) is 5.51 Å². The van der Waals surface area contributed by atoms with Crippen molar-refractivity contribution in [2.75, 3.05) is 4.72 Å². The number of aromatic nitrogens is 2. The molecule has 50 valence electrons. The minimum absolute atomic E-state index is 0.135. The molecule has 0 atom stereocenters. The molecule has 1 N–H and O–H groups in total. The van der Waals surface area contributed by atoms with Gasteiger partial charge in [0.15, 0.2) is 0 Å². The van der Waals surface area contributed by atoms with Crippen LogP contribution in [0.1, 0.15) is 0 Å². The van der Waals surface area contributed by atoms with Crippen molar-refractivity contribution < 1.29 is 8.42 Å². The molecule has 0 aliphatic carbocycles. The molecule has 0 aromatic carbocycles. The molecule has 1 heterocycles. The summed E-state index contributed by atoms with van der Waals surface area (Å²) >= 11 is 1.09. The third kappa shape index (κ3) is 1.94. The largest absolute Gasteiger partial charge is 0.253 e. The monoisotopic (exact) mass is 165 g/mol. The van der Waals surface area contributed by atoms with Crippen LogP contribution in [0.3, 0.4) is 0 Å². The normalized spacial score (nSPS) is 9.89. The highest BCUT2D eigenvalue weighted by atomic mass is 32.2. The van der Waals surface area contributed by atoms with E-state index in [1.54, 1.807) is 0 Å². The first kappa shape index (κ1) is 6.43. The fraction of sp³-hybridized carbons (Fsp3) is 0. The van der Waals surface area contributed by atoms with Gasteiger partial charge in [-0.25, -0.2) is 13.4 Å². The second-order valence-electron chi connectivity index (χ2n) is 1.12. The molecule has 0 saturated heterocycles. The quantitative estimate of drug-likeness (QED) is 0.578. The number of hydrogen-bond acceptors (Lipinski definition) is 5. The fourth-order valence-electron chi connectivity index (χ4n) is 0.301. The second-order valence-corrected chi connectivity index (χ2v) is 2.47. The minimum Gasteiger partial charge on any atom is -0.253 e. The number of hydrogen-bond donors (Lipinski definition) is 2. The molecule has 0 aliphatic rings. The van der Waals surface area contributed by atoms with Crippen LogP contribution in [0.2, 0.25) is 0 Å². The number of rotatable bonds is 2. The zero-order valence-corrected chi connectivity index (χ0v) is 5.85. The van der Waals surface area contributed by atoms with Gasteiger partial charge >= 0.3 is 0 Å². The van der Waals surface area contributed by atoms with E-state index < -0.39 is 10.9 Å². The molecule has 1 aromatic rings. The lowest BCUT2D eigenvalue weighted by molar-refractivity contribution is 0.618. The maximum atomic E-state index is 9.92. The SMILES string of the molecule is O=[SH](=O)Nc1ncsn1. The Hall–Kier alpha value is -0.690. The zero-order valence-electron chi connectivity index (χ0n) is 4.14. The summed E-state index contributed by atoms with van der Waals surface area (Å²) in [5, 5.41) is 0. The Kier molecular flexibility index (Phi) is 1.96. The van der Waals surface area contributed by atoms with Gasteiger partial charge in [-0.05, 0) is 11.5 Å². The predicted octanol–water partition coefficient (Wildman–Crippen LogP) is -0.524. The molecule has 0 bridgehead atoms. The van der Waals surface area contributed by atoms with Crippen LogP contribution in [-0.2, 0) is 10.9 Å². The smallest absolute Gasteiger partial charge is 0.248 e. The molecule has 9 heavy (non-hydrogen) atoms. The van der Waals surface area contributed by atoms with Crippen molar-refractivity contribution in [2.24, 2.45) is 0 Å². The first-order chi connectivity index (χ1) is 4.29. The van der Waals surface area contributed by atoms with Gasteiger partial charge in [-0.2, -0.15) is 4.37 Å². The first-order valence-corrected chi connectivity index (χ1v) is 3.98. The highest BCUT2D eigenvalue weighted by Crippen LogP contribution is 1.97. The lowest BCUT2D eigenvalue weighted by Gasteiger charge is -1.83. The lowest BCUT2D eigenvalue weighted by atomic mass is 11.1. The number of thiol groups is 1. The van der Waals surface area contributed by atoms with E-state index in [1.807, 2.05) is 4.72 Å². The molecule has 1 rings (SSSR count). The van der Waals surface area contributed by atoms with Crippen molar-refractivity contribution in [3.8, 4) is 0 Å². The molecule has 1 aromatic heterocycles. The van der Waals surface area contributed by atoms with E-state index >= 15 is 0 Å². The van der Waals surface area contributed by atoms with Gasteiger partial charge < -0.3 is 0 Å². The molecule has 0 unspecified atom stereocenters. The summed E-state index contributed by atoms with van der Waals surface area (Å²) in [5.41, 5.74) is 1.45. The van der Waals surface area contributed by atoms with Gasteiger partial charge in [-0.15, -0.1) is 0 Å². The molecule has 0 saturated carbocycles. The van der Waals surface area contributed by atoms with Crippen molar-refractivity contribution in [3.05, 3.63) is 5.51 Å². The van der Waals surface area contributed by atoms with Crippen LogP contribution in [0.25, 0.3) is 0 Å². The third-order valence-corrected chi connectivity index (χ3v) is 1.41. The van der Waals surface area contributed by atoms with E-state index in [0.29, 0.717) is 0 Å². The fourth-order valence-corrected chi connectivity index (χ4v) is 1.03. The van der Waals surface area contributed by atoms with E-state index in [4.69, 9.17) is 0 Å². The second kappa shape index (κ2) is 2.74. The topological polar surface area (TPSA) is 72.0 Å². The molecule has 0 spiro atoms. The van der Waals surface area contributed by atoms with Gasteiger partial charge in [-0.1, -0.05) is 0 Å². The maximum absolute atomic E-state index is 9.92. The van der Waals surface area contributed by atoms with Gasteiger partial charge in [0.25, 0.3) is 0 Å². The van der Waals surface area contributed by atoms with Crippen molar-refractivity contribution in [1.82, 2.24) is 9.36 Å². The average molecular weight is 165 g/mol. The number of nitrogens with one attached hydrogen (secondary N) is 1. The zero-order chi connectivity index (χ0) is 6.69. The Labute approximate surface area is 57.0 Å². The van der Waals surface area contributed by atoms with Crippen LogP contribution >= 0.6 is 11.5 Å². The maximum Gasteiger partial charge on any atom is 0.248 e. The summed E-state index contributed by atoms with van der Waals surface area (Å²) in [4.78, 5) is 3.57. The van der Waals surface area contributed by atoms with E-state index in [9.17, 15) is 8.42 Å². The molecule has 0 aliphatic heterocycles. The van der Waals surface area contributed by atoms with Crippen LogP contribution in [-0.4, -0.2) is 17.8 Å². The van der Waals surface area contributed by atoms with Gasteiger partial charge in [0, 0.05) is 0 Å². The van der Waals surface area contributed by atoms with Gasteiger partial charge in [-0.3, -0.25) is 4.72 Å². The van der Waals surface area contributed by atoms with Crippen molar-refractivity contribution in [3.63, 3.8) is 0 Å². The van der Waals surface area contributed by atoms with Crippen LogP contribution in [0.4, 0.5) is 5.95 Å². The molecular formula is C2H3N3O2S2. The number of anilines is 1. The third-order valence-electron chi connectivity index (χ3n) is 0.553. The van der Waals surface area contributed by atoms with Gasteiger partial charge in [0.05, 0.1) is 0 Å². The van der Waals surface area contributed by atoms with Crippen molar-refractivity contribution >= 4 is 28.4 Å². The highest BCUT2D eigenvalue weighted by Gasteiger charge is 1.91. The average Bonchev–Trinajstić information content (AvgIpc) is 2.15. The molecule has 7 heteroatoms. The Morgan fingerprint density at radius 3 is 2.89 bits per heavy atom. The number of nitrogens with zero attached hydrogens (tertiary/aromatic N) is 2. The van der Waals surface area contributed by atoms with Gasteiger partial charge in [0.2, 0.25) is 16.8 Å². The minimum atomic E-state index is -2.62. The Morgan fingerprint density at radius 2 is 2.44 bits per heavy atom. The molecule has 0 fully saturated rings. The van der Waals surface area contributed by atoms with Crippen LogP contribution in [0.15, 0.2) is 5.51 Å². The van der Waals surface area contributed by atoms with Crippen LogP contribution < -0.4 is 4.72 Å². The van der Waals surface area contributed by atoms with Crippen molar-refractivity contribution in [2.45, 2.75) is 0 Å². The van der Waals surface area contributed by atoms with E-state index in [2.05, 4.69) is 9.36 Å². The summed E-state index contributed by atoms with van der Waals surface area (Å²) in [5.74, 6) is 0.135. The summed E-state index contributed by atoms with van der Waals surface area (Å²) in [6.45, 7) is 0. The first-order valence-electron chi connectivity index (χ1n) is 1.96. The Bertz CT molecular complexity index is 232. The van der Waals surface area contributed by atoms with Gasteiger partial charge in [0.1, 0.15) is 5.51 Å². The highest BCUT2D eigenvalue weighted by molar-refractivity contribution is 7.73. The lowest BCUT2D eigenvalue weighted by Crippen LogP contribution is -1.95. The molecule has 0 radical (unpaired) electrons. The van der Waals surface area contributed by atoms with E-state index in [0.717, 1.165) is 11.5 Å². The Morgan fingerprint density at radius 1 is 1.67 bits per heavy atom. The predicted molar refractivity (Wildman–Crippen MR) is 33.8 cm³/mol. The standard InChI is InChI=1S/C2H3N3O2S2/c6-9(7)5-2-3-1-8-4-2/h1,9H,(H,4,5,6,7). The summed E-state index contributed by atoms with van der Waals surface area (Å²) in [7, 11) is -2.62. The summed E-state index contributed by atoms with van der Waals surface area (Å²) < 4.78 is 25.5. The van der Waals surface area contributed by atoms with E-state index in [-0.39, 0.29) is 5.95 Å². The summed E-state index contributed by atoms with van der Waals surface area (Å²) in [6, 6.07) is 0.